The molecule has 5 atom stereocenters. The first-order valence-electron chi connectivity index (χ1n) is 6.15. The van der Waals surface area contributed by atoms with Crippen LogP contribution in [-0.2, 0) is 0 Å². The summed E-state index contributed by atoms with van der Waals surface area (Å²) in [5.74, 6) is 2.13. The van der Waals surface area contributed by atoms with Crippen molar-refractivity contribution in [1.82, 2.24) is 5.32 Å². The highest BCUT2D eigenvalue weighted by atomic mass is 32.2. The zero-order valence-electron chi connectivity index (χ0n) is 9.04. The molecule has 3 aliphatic carbocycles. The second kappa shape index (κ2) is 3.71. The van der Waals surface area contributed by atoms with E-state index in [9.17, 15) is 0 Å². The van der Waals surface area contributed by atoms with Crippen molar-refractivity contribution in [3.05, 3.63) is 0 Å². The molecule has 0 aromatic carbocycles. The van der Waals surface area contributed by atoms with Crippen LogP contribution < -0.4 is 5.32 Å². The van der Waals surface area contributed by atoms with E-state index >= 15 is 0 Å². The SMILES string of the molecule is CSC1CCC1NC1CC2CCC1C2. The van der Waals surface area contributed by atoms with Crippen molar-refractivity contribution < 1.29 is 0 Å². The second-order valence-corrected chi connectivity index (χ2v) is 6.48. The number of thioether (sulfide) groups is 1. The molecule has 0 aromatic rings. The fourth-order valence-corrected chi connectivity index (χ4v) is 4.58. The molecule has 0 heterocycles. The van der Waals surface area contributed by atoms with Gasteiger partial charge in [-0.15, -0.1) is 0 Å². The molecule has 0 aliphatic heterocycles. The molecule has 5 unspecified atom stereocenters. The van der Waals surface area contributed by atoms with Crippen LogP contribution in [0.15, 0.2) is 0 Å². The van der Waals surface area contributed by atoms with Crippen LogP contribution in [0.3, 0.4) is 0 Å². The Morgan fingerprint density at radius 2 is 1.93 bits per heavy atom. The second-order valence-electron chi connectivity index (χ2n) is 5.41. The van der Waals surface area contributed by atoms with Gasteiger partial charge in [0, 0.05) is 17.3 Å². The van der Waals surface area contributed by atoms with E-state index in [1.54, 1.807) is 0 Å². The molecule has 1 nitrogen and oxygen atoms in total. The number of fused-ring (bicyclic) bond motifs is 2. The predicted octanol–water partition coefficient (Wildman–Crippen LogP) is 2.66. The van der Waals surface area contributed by atoms with E-state index in [-0.39, 0.29) is 0 Å². The molecule has 3 rings (SSSR count). The van der Waals surface area contributed by atoms with Crippen LogP contribution in [0.4, 0.5) is 0 Å². The van der Waals surface area contributed by atoms with E-state index in [0.717, 1.165) is 29.2 Å². The minimum atomic E-state index is 0.856. The van der Waals surface area contributed by atoms with Crippen LogP contribution in [0.2, 0.25) is 0 Å². The summed E-state index contributed by atoms with van der Waals surface area (Å²) in [6.45, 7) is 0. The molecular weight excluding hydrogens is 190 g/mol. The molecule has 1 N–H and O–H groups in total. The molecule has 3 saturated carbocycles. The van der Waals surface area contributed by atoms with E-state index < -0.39 is 0 Å². The molecule has 0 amide bonds. The smallest absolute Gasteiger partial charge is 0.0199 e. The van der Waals surface area contributed by atoms with E-state index in [1.165, 1.54) is 38.5 Å². The molecule has 3 fully saturated rings. The zero-order valence-corrected chi connectivity index (χ0v) is 9.85. The number of hydrogen-bond donors (Lipinski definition) is 1. The van der Waals surface area contributed by atoms with Crippen molar-refractivity contribution in [2.24, 2.45) is 11.8 Å². The maximum absolute atomic E-state index is 3.93. The van der Waals surface area contributed by atoms with Gasteiger partial charge >= 0.3 is 0 Å². The number of hydrogen-bond acceptors (Lipinski definition) is 2. The third-order valence-electron chi connectivity index (χ3n) is 4.68. The molecule has 0 radical (unpaired) electrons. The monoisotopic (exact) mass is 211 g/mol. The molecule has 0 saturated heterocycles. The van der Waals surface area contributed by atoms with Gasteiger partial charge in [-0.2, -0.15) is 11.8 Å². The molecular formula is C12H21NS. The lowest BCUT2D eigenvalue weighted by molar-refractivity contribution is 0.262. The van der Waals surface area contributed by atoms with Crippen molar-refractivity contribution in [3.63, 3.8) is 0 Å². The molecule has 2 heteroatoms. The summed E-state index contributed by atoms with van der Waals surface area (Å²) < 4.78 is 0. The lowest BCUT2D eigenvalue weighted by Gasteiger charge is -2.40. The first kappa shape index (κ1) is 9.53. The van der Waals surface area contributed by atoms with Gasteiger partial charge in [-0.05, 0) is 50.2 Å². The van der Waals surface area contributed by atoms with Gasteiger partial charge in [-0.1, -0.05) is 6.42 Å². The van der Waals surface area contributed by atoms with E-state index in [2.05, 4.69) is 23.3 Å². The Hall–Kier alpha value is 0.310. The average Bonchev–Trinajstić information content (AvgIpc) is 2.74. The third kappa shape index (κ3) is 1.51. The van der Waals surface area contributed by atoms with Crippen molar-refractivity contribution in [2.45, 2.75) is 55.9 Å². The molecule has 0 spiro atoms. The predicted molar refractivity (Wildman–Crippen MR) is 62.7 cm³/mol. The topological polar surface area (TPSA) is 12.0 Å². The van der Waals surface area contributed by atoms with Gasteiger partial charge < -0.3 is 5.32 Å². The Morgan fingerprint density at radius 1 is 1.00 bits per heavy atom. The van der Waals surface area contributed by atoms with Gasteiger partial charge in [0.15, 0.2) is 0 Å². The quantitative estimate of drug-likeness (QED) is 0.770. The highest BCUT2D eigenvalue weighted by molar-refractivity contribution is 7.99. The Kier molecular flexibility index (Phi) is 2.53. The Morgan fingerprint density at radius 3 is 2.43 bits per heavy atom. The van der Waals surface area contributed by atoms with Crippen molar-refractivity contribution >= 4 is 11.8 Å². The number of rotatable bonds is 3. The van der Waals surface area contributed by atoms with Crippen molar-refractivity contribution in [1.29, 1.82) is 0 Å². The lowest BCUT2D eigenvalue weighted by atomic mass is 9.88. The Labute approximate surface area is 91.4 Å². The van der Waals surface area contributed by atoms with Crippen LogP contribution >= 0.6 is 11.8 Å². The summed E-state index contributed by atoms with van der Waals surface area (Å²) in [6.07, 6.45) is 11.2. The van der Waals surface area contributed by atoms with Crippen LogP contribution in [0.1, 0.15) is 38.5 Å². The summed E-state index contributed by atoms with van der Waals surface area (Å²) >= 11 is 2.06. The van der Waals surface area contributed by atoms with Crippen LogP contribution in [0.25, 0.3) is 0 Å². The summed E-state index contributed by atoms with van der Waals surface area (Å²) in [4.78, 5) is 0. The lowest BCUT2D eigenvalue weighted by Crippen LogP contribution is -2.51. The van der Waals surface area contributed by atoms with Gasteiger partial charge in [-0.25, -0.2) is 0 Å². The zero-order chi connectivity index (χ0) is 9.54. The molecule has 3 aliphatic rings. The maximum atomic E-state index is 3.93. The molecule has 2 bridgehead atoms. The van der Waals surface area contributed by atoms with Gasteiger partial charge in [0.2, 0.25) is 0 Å². The van der Waals surface area contributed by atoms with E-state index in [0.29, 0.717) is 0 Å². The Balaban J connectivity index is 1.53. The van der Waals surface area contributed by atoms with Crippen LogP contribution in [-0.4, -0.2) is 23.6 Å². The fraction of sp³-hybridized carbons (Fsp3) is 1.00. The normalized spacial score (nSPS) is 50.8. The van der Waals surface area contributed by atoms with Gasteiger partial charge in [0.25, 0.3) is 0 Å². The van der Waals surface area contributed by atoms with Crippen molar-refractivity contribution in [3.8, 4) is 0 Å². The molecule has 80 valence electrons. The third-order valence-corrected chi connectivity index (χ3v) is 5.85. The van der Waals surface area contributed by atoms with Crippen LogP contribution in [0.5, 0.6) is 0 Å². The summed E-state index contributed by atoms with van der Waals surface area (Å²) in [5.41, 5.74) is 0. The molecule has 14 heavy (non-hydrogen) atoms. The summed E-state index contributed by atoms with van der Waals surface area (Å²) in [5, 5.41) is 4.85. The highest BCUT2D eigenvalue weighted by Crippen LogP contribution is 2.45. The minimum absolute atomic E-state index is 0.856. The summed E-state index contributed by atoms with van der Waals surface area (Å²) in [7, 11) is 0. The highest BCUT2D eigenvalue weighted by Gasteiger charge is 2.42. The fourth-order valence-electron chi connectivity index (χ4n) is 3.67. The molecule has 0 aromatic heterocycles. The van der Waals surface area contributed by atoms with Crippen molar-refractivity contribution in [2.75, 3.05) is 6.26 Å². The largest absolute Gasteiger partial charge is 0.310 e. The van der Waals surface area contributed by atoms with Gasteiger partial charge in [0.1, 0.15) is 0 Å². The number of nitrogens with one attached hydrogen (secondary N) is 1. The summed E-state index contributed by atoms with van der Waals surface area (Å²) in [6, 6.07) is 1.75. The van der Waals surface area contributed by atoms with E-state index in [1.807, 2.05) is 0 Å². The Bertz CT molecular complexity index is 216. The first-order chi connectivity index (χ1) is 6.86. The minimum Gasteiger partial charge on any atom is -0.310 e. The van der Waals surface area contributed by atoms with Gasteiger partial charge in [0.05, 0.1) is 0 Å². The van der Waals surface area contributed by atoms with E-state index in [4.69, 9.17) is 0 Å². The standard InChI is InChI=1S/C12H21NS/c1-14-12-5-4-10(12)13-11-7-8-2-3-9(11)6-8/h8-13H,2-7H2,1H3. The van der Waals surface area contributed by atoms with Gasteiger partial charge in [-0.3, -0.25) is 0 Å². The van der Waals surface area contributed by atoms with Crippen LogP contribution in [0, 0.1) is 11.8 Å². The maximum Gasteiger partial charge on any atom is 0.0199 e. The first-order valence-corrected chi connectivity index (χ1v) is 7.44. The average molecular weight is 211 g/mol.